The zero-order valence-corrected chi connectivity index (χ0v) is 11.8. The molecule has 2 aromatic heterocycles. The summed E-state index contributed by atoms with van der Waals surface area (Å²) in [6.07, 6.45) is 4.05. The molecule has 0 radical (unpaired) electrons. The predicted octanol–water partition coefficient (Wildman–Crippen LogP) is 0.817. The summed E-state index contributed by atoms with van der Waals surface area (Å²) in [5, 5.41) is 11.8. The standard InChI is InChI=1S/C13H20N6O/c1-10-9-11-13(16-4-6-19(11)17-10)18(7-8-20-2)5-3-12(14)15/h4,6,9H,3,5,7-8H2,1-2H3,(H3,14,15). The lowest BCUT2D eigenvalue weighted by Gasteiger charge is -2.23. The van der Waals surface area contributed by atoms with Crippen molar-refractivity contribution in [2.24, 2.45) is 5.73 Å². The van der Waals surface area contributed by atoms with Gasteiger partial charge in [0, 0.05) is 39.0 Å². The fourth-order valence-corrected chi connectivity index (χ4v) is 2.05. The van der Waals surface area contributed by atoms with E-state index in [4.69, 9.17) is 15.9 Å². The van der Waals surface area contributed by atoms with E-state index in [1.165, 1.54) is 0 Å². The molecule has 0 bridgehead atoms. The van der Waals surface area contributed by atoms with E-state index in [9.17, 15) is 0 Å². The molecule has 0 atom stereocenters. The third kappa shape index (κ3) is 3.24. The highest BCUT2D eigenvalue weighted by Crippen LogP contribution is 2.19. The van der Waals surface area contributed by atoms with Crippen LogP contribution >= 0.6 is 0 Å². The van der Waals surface area contributed by atoms with Crippen LogP contribution in [0.1, 0.15) is 12.1 Å². The summed E-state index contributed by atoms with van der Waals surface area (Å²) < 4.78 is 6.95. The Morgan fingerprint density at radius 1 is 1.50 bits per heavy atom. The molecule has 20 heavy (non-hydrogen) atoms. The Bertz CT molecular complexity index is 594. The summed E-state index contributed by atoms with van der Waals surface area (Å²) in [6, 6.07) is 2.00. The molecule has 0 fully saturated rings. The van der Waals surface area contributed by atoms with Gasteiger partial charge in [-0.3, -0.25) is 5.41 Å². The first-order chi connectivity index (χ1) is 9.61. The van der Waals surface area contributed by atoms with Gasteiger partial charge in [-0.15, -0.1) is 0 Å². The fraction of sp³-hybridized carbons (Fsp3) is 0.462. The number of aryl methyl sites for hydroxylation is 1. The Morgan fingerprint density at radius 3 is 3.00 bits per heavy atom. The maximum Gasteiger partial charge on any atom is 0.154 e. The molecule has 108 valence electrons. The third-order valence-electron chi connectivity index (χ3n) is 3.01. The number of nitrogens with zero attached hydrogens (tertiary/aromatic N) is 4. The Hall–Kier alpha value is -2.15. The first-order valence-electron chi connectivity index (χ1n) is 6.49. The number of ether oxygens (including phenoxy) is 1. The van der Waals surface area contributed by atoms with Crippen molar-refractivity contribution in [3.05, 3.63) is 24.2 Å². The normalized spacial score (nSPS) is 10.9. The smallest absolute Gasteiger partial charge is 0.154 e. The van der Waals surface area contributed by atoms with E-state index in [0.717, 1.165) is 17.0 Å². The van der Waals surface area contributed by atoms with Gasteiger partial charge in [0.2, 0.25) is 0 Å². The number of nitrogens with two attached hydrogens (primary N) is 1. The Kier molecular flexibility index (Phi) is 4.52. The molecule has 3 N–H and O–H groups in total. The molecule has 0 saturated heterocycles. The molecule has 2 rings (SSSR count). The second-order valence-electron chi connectivity index (χ2n) is 4.62. The largest absolute Gasteiger partial charge is 0.388 e. The van der Waals surface area contributed by atoms with Crippen molar-refractivity contribution < 1.29 is 4.74 Å². The van der Waals surface area contributed by atoms with Crippen LogP contribution in [-0.4, -0.2) is 47.2 Å². The zero-order valence-electron chi connectivity index (χ0n) is 11.8. The molecular weight excluding hydrogens is 256 g/mol. The highest BCUT2D eigenvalue weighted by Gasteiger charge is 2.13. The number of hydrogen-bond donors (Lipinski definition) is 2. The lowest BCUT2D eigenvalue weighted by molar-refractivity contribution is 0.205. The SMILES string of the molecule is COCCN(CCC(=N)N)c1nccn2nc(C)cc12. The van der Waals surface area contributed by atoms with Crippen LogP contribution in [-0.2, 0) is 4.74 Å². The summed E-state index contributed by atoms with van der Waals surface area (Å²) in [7, 11) is 1.67. The maximum absolute atomic E-state index is 7.38. The van der Waals surface area contributed by atoms with Crippen LogP contribution in [0.3, 0.4) is 0 Å². The summed E-state index contributed by atoms with van der Waals surface area (Å²) in [4.78, 5) is 6.52. The molecule has 0 aliphatic rings. The van der Waals surface area contributed by atoms with Gasteiger partial charge in [0.15, 0.2) is 5.82 Å². The maximum atomic E-state index is 7.38. The van der Waals surface area contributed by atoms with Crippen molar-refractivity contribution in [2.45, 2.75) is 13.3 Å². The summed E-state index contributed by atoms with van der Waals surface area (Å²) in [5.74, 6) is 1.01. The average Bonchev–Trinajstić information content (AvgIpc) is 2.79. The molecule has 0 unspecified atom stereocenters. The molecule has 2 aromatic rings. The van der Waals surface area contributed by atoms with Gasteiger partial charge in [0.25, 0.3) is 0 Å². The van der Waals surface area contributed by atoms with Gasteiger partial charge in [-0.05, 0) is 13.0 Å². The number of amidine groups is 1. The second-order valence-corrected chi connectivity index (χ2v) is 4.62. The Balaban J connectivity index is 2.31. The van der Waals surface area contributed by atoms with E-state index < -0.39 is 0 Å². The molecule has 7 nitrogen and oxygen atoms in total. The minimum Gasteiger partial charge on any atom is -0.388 e. The third-order valence-corrected chi connectivity index (χ3v) is 3.01. The Labute approximate surface area is 117 Å². The number of aromatic nitrogens is 3. The van der Waals surface area contributed by atoms with Crippen molar-refractivity contribution in [2.75, 3.05) is 31.7 Å². The zero-order chi connectivity index (χ0) is 14.5. The second kappa shape index (κ2) is 6.33. The fourth-order valence-electron chi connectivity index (χ4n) is 2.05. The lowest BCUT2D eigenvalue weighted by atomic mass is 10.3. The van der Waals surface area contributed by atoms with Crippen LogP contribution < -0.4 is 10.6 Å². The minimum atomic E-state index is 0.170. The van der Waals surface area contributed by atoms with Crippen molar-refractivity contribution >= 4 is 17.2 Å². The molecule has 0 aliphatic carbocycles. The number of anilines is 1. The quantitative estimate of drug-likeness (QED) is 0.577. The molecule has 2 heterocycles. The van der Waals surface area contributed by atoms with Gasteiger partial charge >= 0.3 is 0 Å². The van der Waals surface area contributed by atoms with Gasteiger partial charge in [-0.1, -0.05) is 0 Å². The van der Waals surface area contributed by atoms with Crippen LogP contribution in [0.15, 0.2) is 18.5 Å². The molecule has 0 aromatic carbocycles. The number of fused-ring (bicyclic) bond motifs is 1. The van der Waals surface area contributed by atoms with Crippen LogP contribution in [0.5, 0.6) is 0 Å². The topological polar surface area (TPSA) is 92.5 Å². The first kappa shape index (κ1) is 14.3. The molecule has 0 saturated carbocycles. The molecular formula is C13H20N6O. The lowest BCUT2D eigenvalue weighted by Crippen LogP contribution is -2.32. The number of methoxy groups -OCH3 is 1. The van der Waals surface area contributed by atoms with Crippen molar-refractivity contribution in [3.63, 3.8) is 0 Å². The average molecular weight is 276 g/mol. The van der Waals surface area contributed by atoms with E-state index in [1.54, 1.807) is 13.3 Å². The number of hydrogen-bond acceptors (Lipinski definition) is 5. The van der Waals surface area contributed by atoms with Gasteiger partial charge in [-0.25, -0.2) is 9.50 Å². The molecule has 0 amide bonds. The highest BCUT2D eigenvalue weighted by molar-refractivity contribution is 5.78. The molecule has 7 heteroatoms. The van der Waals surface area contributed by atoms with Gasteiger partial charge in [-0.2, -0.15) is 5.10 Å². The minimum absolute atomic E-state index is 0.170. The van der Waals surface area contributed by atoms with E-state index in [2.05, 4.69) is 15.0 Å². The van der Waals surface area contributed by atoms with E-state index in [1.807, 2.05) is 23.7 Å². The van der Waals surface area contributed by atoms with Crippen LogP contribution in [0.25, 0.3) is 5.52 Å². The summed E-state index contributed by atoms with van der Waals surface area (Å²) in [6.45, 7) is 3.87. The number of rotatable bonds is 7. The van der Waals surface area contributed by atoms with Crippen molar-refractivity contribution in [3.8, 4) is 0 Å². The van der Waals surface area contributed by atoms with Gasteiger partial charge in [0.1, 0.15) is 5.52 Å². The van der Waals surface area contributed by atoms with Crippen LogP contribution in [0.2, 0.25) is 0 Å². The van der Waals surface area contributed by atoms with E-state index in [-0.39, 0.29) is 5.84 Å². The molecule has 0 spiro atoms. The summed E-state index contributed by atoms with van der Waals surface area (Å²) in [5.41, 5.74) is 7.34. The van der Waals surface area contributed by atoms with E-state index in [0.29, 0.717) is 26.1 Å². The van der Waals surface area contributed by atoms with Crippen molar-refractivity contribution in [1.82, 2.24) is 14.6 Å². The highest BCUT2D eigenvalue weighted by atomic mass is 16.5. The Morgan fingerprint density at radius 2 is 2.30 bits per heavy atom. The first-order valence-corrected chi connectivity index (χ1v) is 6.49. The number of nitrogens with one attached hydrogen (secondary N) is 1. The molecule has 0 aliphatic heterocycles. The van der Waals surface area contributed by atoms with Gasteiger partial charge < -0.3 is 15.4 Å². The van der Waals surface area contributed by atoms with Crippen LogP contribution in [0.4, 0.5) is 5.82 Å². The monoisotopic (exact) mass is 276 g/mol. The van der Waals surface area contributed by atoms with E-state index >= 15 is 0 Å². The van der Waals surface area contributed by atoms with Crippen molar-refractivity contribution in [1.29, 1.82) is 5.41 Å². The van der Waals surface area contributed by atoms with Gasteiger partial charge in [0.05, 0.1) is 18.1 Å². The summed E-state index contributed by atoms with van der Waals surface area (Å²) >= 11 is 0. The van der Waals surface area contributed by atoms with Crippen LogP contribution in [0, 0.1) is 12.3 Å². The predicted molar refractivity (Wildman–Crippen MR) is 78.3 cm³/mol.